The van der Waals surface area contributed by atoms with Crippen molar-refractivity contribution < 1.29 is 24.2 Å². The Morgan fingerprint density at radius 2 is 1.81 bits per heavy atom. The fourth-order valence-electron chi connectivity index (χ4n) is 4.60. The molecule has 1 saturated carbocycles. The molecule has 0 radical (unpaired) electrons. The summed E-state index contributed by atoms with van der Waals surface area (Å²) in [5, 5.41) is 18.7. The quantitative estimate of drug-likeness (QED) is 0.527. The zero-order chi connectivity index (χ0) is 22.3. The van der Waals surface area contributed by atoms with E-state index in [9.17, 15) is 9.59 Å². The maximum atomic E-state index is 12.7. The van der Waals surface area contributed by atoms with Gasteiger partial charge in [-0.15, -0.1) is 10.2 Å². The van der Waals surface area contributed by atoms with E-state index in [0.29, 0.717) is 35.6 Å². The number of aliphatic carboxylic acids is 1. The van der Waals surface area contributed by atoms with Gasteiger partial charge < -0.3 is 14.6 Å². The number of hydrogen-bond acceptors (Lipinski definition) is 7. The van der Waals surface area contributed by atoms with Gasteiger partial charge in [0.25, 0.3) is 0 Å². The SMILES string of the molecule is O=C(O)CC1CCC(c2ccc(C(=O)Cc3nnc(COCC4CCCO4)s3)cc2)CC1. The zero-order valence-electron chi connectivity index (χ0n) is 18.2. The van der Waals surface area contributed by atoms with Crippen LogP contribution in [0.2, 0.25) is 0 Å². The highest BCUT2D eigenvalue weighted by Crippen LogP contribution is 2.37. The molecule has 1 atom stereocenters. The second kappa shape index (κ2) is 11.1. The number of aromatic nitrogens is 2. The minimum atomic E-state index is -0.704. The lowest BCUT2D eigenvalue weighted by molar-refractivity contribution is -0.138. The number of rotatable bonds is 10. The molecule has 1 N–H and O–H groups in total. The summed E-state index contributed by atoms with van der Waals surface area (Å²) in [5.41, 5.74) is 1.91. The molecule has 2 fully saturated rings. The van der Waals surface area contributed by atoms with E-state index < -0.39 is 5.97 Å². The van der Waals surface area contributed by atoms with Crippen LogP contribution in [0.1, 0.15) is 76.8 Å². The first-order valence-electron chi connectivity index (χ1n) is 11.4. The number of benzene rings is 1. The number of hydrogen-bond donors (Lipinski definition) is 1. The summed E-state index contributed by atoms with van der Waals surface area (Å²) in [6.07, 6.45) is 6.75. The highest BCUT2D eigenvalue weighted by atomic mass is 32.1. The third-order valence-electron chi connectivity index (χ3n) is 6.39. The van der Waals surface area contributed by atoms with E-state index in [0.717, 1.165) is 50.1 Å². The first-order chi connectivity index (χ1) is 15.6. The van der Waals surface area contributed by atoms with Crippen LogP contribution >= 0.6 is 11.3 Å². The molecule has 172 valence electrons. The van der Waals surface area contributed by atoms with E-state index in [2.05, 4.69) is 10.2 Å². The molecule has 0 bridgehead atoms. The van der Waals surface area contributed by atoms with E-state index in [-0.39, 0.29) is 24.7 Å². The Morgan fingerprint density at radius 1 is 1.06 bits per heavy atom. The normalized spacial score (nSPS) is 23.3. The summed E-state index contributed by atoms with van der Waals surface area (Å²) in [4.78, 5) is 23.6. The lowest BCUT2D eigenvalue weighted by atomic mass is 9.77. The van der Waals surface area contributed by atoms with Gasteiger partial charge in [0.2, 0.25) is 0 Å². The van der Waals surface area contributed by atoms with E-state index in [1.54, 1.807) is 0 Å². The Balaban J connectivity index is 1.23. The Bertz CT molecular complexity index is 899. The van der Waals surface area contributed by atoms with Crippen LogP contribution in [0.3, 0.4) is 0 Å². The number of ketones is 1. The minimum Gasteiger partial charge on any atom is -0.481 e. The van der Waals surface area contributed by atoms with Crippen LogP contribution in [-0.4, -0.2) is 46.4 Å². The van der Waals surface area contributed by atoms with Crippen molar-refractivity contribution in [1.29, 1.82) is 0 Å². The number of nitrogens with zero attached hydrogens (tertiary/aromatic N) is 2. The van der Waals surface area contributed by atoms with Gasteiger partial charge in [-0.1, -0.05) is 35.6 Å². The number of carbonyl (C=O) groups excluding carboxylic acids is 1. The van der Waals surface area contributed by atoms with Gasteiger partial charge in [-0.25, -0.2) is 0 Å². The molecule has 2 heterocycles. The van der Waals surface area contributed by atoms with Crippen LogP contribution in [0.4, 0.5) is 0 Å². The molecule has 0 amide bonds. The van der Waals surface area contributed by atoms with Gasteiger partial charge in [0.15, 0.2) is 5.78 Å². The van der Waals surface area contributed by atoms with Gasteiger partial charge >= 0.3 is 5.97 Å². The first kappa shape index (κ1) is 23.0. The molecule has 8 heteroatoms. The molecule has 32 heavy (non-hydrogen) atoms. The van der Waals surface area contributed by atoms with Crippen LogP contribution in [0.5, 0.6) is 0 Å². The van der Waals surface area contributed by atoms with Crippen molar-refractivity contribution in [3.8, 4) is 0 Å². The molecule has 2 aromatic rings. The van der Waals surface area contributed by atoms with Crippen molar-refractivity contribution in [3.63, 3.8) is 0 Å². The molecule has 1 unspecified atom stereocenters. The molecule has 1 aromatic heterocycles. The molecule has 1 aromatic carbocycles. The van der Waals surface area contributed by atoms with Gasteiger partial charge in [-0.2, -0.15) is 0 Å². The Labute approximate surface area is 192 Å². The average Bonchev–Trinajstić information content (AvgIpc) is 3.46. The van der Waals surface area contributed by atoms with Gasteiger partial charge in [-0.05, 0) is 55.9 Å². The monoisotopic (exact) mass is 458 g/mol. The lowest BCUT2D eigenvalue weighted by Gasteiger charge is -2.28. The topological polar surface area (TPSA) is 98.6 Å². The molecule has 1 aliphatic heterocycles. The Kier molecular flexibility index (Phi) is 8.00. The average molecular weight is 459 g/mol. The van der Waals surface area contributed by atoms with Gasteiger partial charge in [0.05, 0.1) is 19.1 Å². The lowest BCUT2D eigenvalue weighted by Crippen LogP contribution is -2.16. The van der Waals surface area contributed by atoms with Crippen molar-refractivity contribution in [2.24, 2.45) is 5.92 Å². The van der Waals surface area contributed by atoms with Crippen LogP contribution in [0, 0.1) is 5.92 Å². The number of Topliss-reactive ketones (excluding diaryl/α,β-unsaturated/α-hetero) is 1. The second-order valence-corrected chi connectivity index (χ2v) is 9.92. The molecule has 7 nitrogen and oxygen atoms in total. The highest BCUT2D eigenvalue weighted by molar-refractivity contribution is 7.11. The van der Waals surface area contributed by atoms with E-state index in [1.165, 1.54) is 16.9 Å². The van der Waals surface area contributed by atoms with Crippen molar-refractivity contribution in [2.75, 3.05) is 13.2 Å². The molecule has 1 aliphatic carbocycles. The third kappa shape index (κ3) is 6.43. The van der Waals surface area contributed by atoms with Crippen molar-refractivity contribution in [2.45, 2.75) is 70.0 Å². The van der Waals surface area contributed by atoms with Crippen molar-refractivity contribution in [1.82, 2.24) is 10.2 Å². The van der Waals surface area contributed by atoms with Gasteiger partial charge in [0.1, 0.15) is 16.6 Å². The van der Waals surface area contributed by atoms with Crippen LogP contribution < -0.4 is 0 Å². The zero-order valence-corrected chi connectivity index (χ0v) is 19.0. The fourth-order valence-corrected chi connectivity index (χ4v) is 5.38. The van der Waals surface area contributed by atoms with Crippen LogP contribution in [0.25, 0.3) is 0 Å². The van der Waals surface area contributed by atoms with Crippen LogP contribution in [0.15, 0.2) is 24.3 Å². The largest absolute Gasteiger partial charge is 0.481 e. The van der Waals surface area contributed by atoms with E-state index >= 15 is 0 Å². The molecular weight excluding hydrogens is 428 g/mol. The first-order valence-corrected chi connectivity index (χ1v) is 12.2. The molecule has 0 spiro atoms. The van der Waals surface area contributed by atoms with E-state index in [4.69, 9.17) is 14.6 Å². The number of carbonyl (C=O) groups is 2. The molecule has 4 rings (SSSR count). The molecule has 1 saturated heterocycles. The van der Waals surface area contributed by atoms with Crippen molar-refractivity contribution in [3.05, 3.63) is 45.4 Å². The smallest absolute Gasteiger partial charge is 0.303 e. The summed E-state index contributed by atoms with van der Waals surface area (Å²) in [6.45, 7) is 1.78. The Hall–Kier alpha value is -2.16. The Morgan fingerprint density at radius 3 is 2.50 bits per heavy atom. The highest BCUT2D eigenvalue weighted by Gasteiger charge is 2.24. The number of ether oxygens (including phenoxy) is 2. The minimum absolute atomic E-state index is 0.0321. The summed E-state index contributed by atoms with van der Waals surface area (Å²) < 4.78 is 11.2. The fraction of sp³-hybridized carbons (Fsp3) is 0.583. The molecular formula is C24H30N2O5S. The summed E-state index contributed by atoms with van der Waals surface area (Å²) >= 11 is 1.42. The van der Waals surface area contributed by atoms with Crippen LogP contribution in [-0.2, 0) is 27.3 Å². The van der Waals surface area contributed by atoms with E-state index in [1.807, 2.05) is 24.3 Å². The molecule has 2 aliphatic rings. The maximum Gasteiger partial charge on any atom is 0.303 e. The van der Waals surface area contributed by atoms with Crippen molar-refractivity contribution >= 4 is 23.1 Å². The predicted molar refractivity (Wildman–Crippen MR) is 120 cm³/mol. The summed E-state index contributed by atoms with van der Waals surface area (Å²) in [7, 11) is 0. The number of carboxylic acids is 1. The summed E-state index contributed by atoms with van der Waals surface area (Å²) in [6, 6.07) is 7.88. The standard InChI is InChI=1S/C24H30N2O5S/c27-21(13-22-25-26-23(32-22)15-30-14-20-2-1-11-31-20)19-9-7-18(8-10-19)17-5-3-16(4-6-17)12-24(28)29/h7-10,16-17,20H,1-6,11-15H2,(H,28,29). The third-order valence-corrected chi connectivity index (χ3v) is 7.28. The maximum absolute atomic E-state index is 12.7. The number of carboxylic acid groups (broad SMARTS) is 1. The summed E-state index contributed by atoms with van der Waals surface area (Å²) in [5.74, 6) is 0.0714. The van der Waals surface area contributed by atoms with Gasteiger partial charge in [-0.3, -0.25) is 9.59 Å². The van der Waals surface area contributed by atoms with Gasteiger partial charge in [0, 0.05) is 18.6 Å². The second-order valence-electron chi connectivity index (χ2n) is 8.78. The predicted octanol–water partition coefficient (Wildman–Crippen LogP) is 4.41.